The molecular weight excluding hydrogens is 553 g/mol. The van der Waals surface area contributed by atoms with Gasteiger partial charge in [0, 0.05) is 0 Å². The second-order valence-corrected chi connectivity index (χ2v) is 13.0. The Hall–Kier alpha value is -5.72. The van der Waals surface area contributed by atoms with E-state index in [9.17, 15) is 0 Å². The van der Waals surface area contributed by atoms with Crippen molar-refractivity contribution in [2.45, 2.75) is 12.3 Å². The molecule has 0 N–H and O–H groups in total. The van der Waals surface area contributed by atoms with Crippen LogP contribution < -0.4 is 0 Å². The van der Waals surface area contributed by atoms with E-state index in [-0.39, 0.29) is 5.41 Å². The minimum absolute atomic E-state index is 0.328. The second-order valence-electron chi connectivity index (χ2n) is 13.0. The summed E-state index contributed by atoms with van der Waals surface area (Å²) >= 11 is 0. The molecule has 10 rings (SSSR count). The molecule has 8 aromatic carbocycles. The molecule has 0 amide bonds. The maximum absolute atomic E-state index is 2.48. The van der Waals surface area contributed by atoms with Crippen LogP contribution in [0.3, 0.4) is 0 Å². The van der Waals surface area contributed by atoms with Gasteiger partial charge in [-0.1, -0.05) is 145 Å². The van der Waals surface area contributed by atoms with Crippen LogP contribution in [0, 0.1) is 6.92 Å². The number of fused-ring (bicyclic) bond motifs is 12. The summed E-state index contributed by atoms with van der Waals surface area (Å²) in [5.74, 6) is 0. The Kier molecular flexibility index (Phi) is 5.23. The monoisotopic (exact) mass is 582 g/mol. The Bertz CT molecular complexity index is 2500. The van der Waals surface area contributed by atoms with E-state index in [1.165, 1.54) is 93.9 Å². The summed E-state index contributed by atoms with van der Waals surface area (Å²) in [6.45, 7) is 2.22. The van der Waals surface area contributed by atoms with Gasteiger partial charge in [-0.2, -0.15) is 0 Å². The van der Waals surface area contributed by atoms with Gasteiger partial charge in [-0.3, -0.25) is 0 Å². The van der Waals surface area contributed by atoms with Crippen molar-refractivity contribution in [1.29, 1.82) is 0 Å². The first-order chi connectivity index (χ1) is 22.7. The second kappa shape index (κ2) is 9.39. The first-order valence-electron chi connectivity index (χ1n) is 16.2. The van der Waals surface area contributed by atoms with E-state index in [2.05, 4.69) is 171 Å². The predicted molar refractivity (Wildman–Crippen MR) is 193 cm³/mol. The Morgan fingerprint density at radius 3 is 1.35 bits per heavy atom. The third-order valence-electron chi connectivity index (χ3n) is 10.5. The van der Waals surface area contributed by atoms with Crippen molar-refractivity contribution in [2.24, 2.45) is 0 Å². The first-order valence-corrected chi connectivity index (χ1v) is 16.2. The Labute approximate surface area is 269 Å². The van der Waals surface area contributed by atoms with Gasteiger partial charge in [0.2, 0.25) is 0 Å². The Morgan fingerprint density at radius 2 is 0.717 bits per heavy atom. The number of hydrogen-bond donors (Lipinski definition) is 0. The van der Waals surface area contributed by atoms with E-state index in [0.717, 1.165) is 0 Å². The summed E-state index contributed by atoms with van der Waals surface area (Å²) in [6.07, 6.45) is 0. The number of rotatable bonds is 2. The van der Waals surface area contributed by atoms with E-state index >= 15 is 0 Å². The quantitative estimate of drug-likeness (QED) is 0.190. The maximum atomic E-state index is 2.48. The highest BCUT2D eigenvalue weighted by molar-refractivity contribution is 5.97. The molecule has 0 radical (unpaired) electrons. The average molecular weight is 583 g/mol. The molecule has 0 fully saturated rings. The van der Waals surface area contributed by atoms with Crippen molar-refractivity contribution in [3.8, 4) is 44.5 Å². The Morgan fingerprint density at radius 1 is 0.304 bits per heavy atom. The largest absolute Gasteiger partial charge is 0.0725 e. The molecule has 0 bridgehead atoms. The van der Waals surface area contributed by atoms with Crippen molar-refractivity contribution in [1.82, 2.24) is 0 Å². The fraction of sp³-hybridized carbons (Fsp3) is 0.0435. The Balaban J connectivity index is 1.14. The minimum Gasteiger partial charge on any atom is -0.0619 e. The molecular formula is C46H30. The molecule has 1 spiro atoms. The minimum atomic E-state index is -0.328. The molecule has 0 saturated heterocycles. The predicted octanol–water partition coefficient (Wildman–Crippen LogP) is 12.0. The summed E-state index contributed by atoms with van der Waals surface area (Å²) in [7, 11) is 0. The van der Waals surface area contributed by atoms with Crippen LogP contribution in [-0.4, -0.2) is 0 Å². The van der Waals surface area contributed by atoms with Crippen molar-refractivity contribution >= 4 is 21.5 Å². The van der Waals surface area contributed by atoms with Gasteiger partial charge in [0.15, 0.2) is 0 Å². The third-order valence-corrected chi connectivity index (χ3v) is 10.5. The molecule has 8 aromatic rings. The molecule has 0 saturated carbocycles. The lowest BCUT2D eigenvalue weighted by Crippen LogP contribution is -2.26. The average Bonchev–Trinajstić information content (AvgIpc) is 3.57. The van der Waals surface area contributed by atoms with Crippen molar-refractivity contribution in [2.75, 3.05) is 0 Å². The highest BCUT2D eigenvalue weighted by Gasteiger charge is 2.51. The SMILES string of the molecule is Cc1ccc2c(c1)C1(c3ccccc3-c3ccccc31)c1cc(-c3ccc4cc(-c5ccc6ccccc6c5)ccc4c3)ccc1-2. The lowest BCUT2D eigenvalue weighted by Gasteiger charge is -2.31. The van der Waals surface area contributed by atoms with Crippen LogP contribution in [0.1, 0.15) is 27.8 Å². The highest BCUT2D eigenvalue weighted by Crippen LogP contribution is 2.63. The molecule has 0 nitrogen and oxygen atoms in total. The van der Waals surface area contributed by atoms with Crippen LogP contribution in [0.25, 0.3) is 66.1 Å². The van der Waals surface area contributed by atoms with Gasteiger partial charge in [0.25, 0.3) is 0 Å². The summed E-state index contributed by atoms with van der Waals surface area (Å²) < 4.78 is 0. The van der Waals surface area contributed by atoms with Gasteiger partial charge < -0.3 is 0 Å². The van der Waals surface area contributed by atoms with Gasteiger partial charge >= 0.3 is 0 Å². The van der Waals surface area contributed by atoms with Crippen molar-refractivity contribution < 1.29 is 0 Å². The third kappa shape index (κ3) is 3.44. The fourth-order valence-electron chi connectivity index (χ4n) is 8.41. The van der Waals surface area contributed by atoms with E-state index < -0.39 is 0 Å². The summed E-state index contributed by atoms with van der Waals surface area (Å²) in [5.41, 5.74) is 16.9. The van der Waals surface area contributed by atoms with Crippen LogP contribution in [0.5, 0.6) is 0 Å². The number of aryl methyl sites for hydroxylation is 1. The molecule has 46 heavy (non-hydrogen) atoms. The van der Waals surface area contributed by atoms with Gasteiger partial charge in [0.1, 0.15) is 0 Å². The highest BCUT2D eigenvalue weighted by atomic mass is 14.5. The summed E-state index contributed by atoms with van der Waals surface area (Å²) in [4.78, 5) is 0. The molecule has 0 aromatic heterocycles. The first kappa shape index (κ1) is 25.6. The standard InChI is InChI=1S/C46H30/c1-29-14-22-40-41-23-21-37(28-45(41)46(44(40)24-29)42-12-6-4-10-38(42)39-11-5-7-13-43(39)46)36-20-19-34-26-33(17-18-35(34)27-36)32-16-15-30-8-2-3-9-31(30)25-32/h2-28H,1H3. The molecule has 0 heterocycles. The fourth-order valence-corrected chi connectivity index (χ4v) is 8.41. The zero-order chi connectivity index (χ0) is 30.4. The van der Waals surface area contributed by atoms with Crippen LogP contribution in [-0.2, 0) is 5.41 Å². The smallest absolute Gasteiger partial charge is 0.0619 e. The molecule has 0 aliphatic heterocycles. The van der Waals surface area contributed by atoms with Gasteiger partial charge in [0.05, 0.1) is 5.41 Å². The number of hydrogen-bond acceptors (Lipinski definition) is 0. The van der Waals surface area contributed by atoms with E-state index in [0.29, 0.717) is 0 Å². The van der Waals surface area contributed by atoms with Gasteiger partial charge in [-0.15, -0.1) is 0 Å². The molecule has 2 aliphatic rings. The van der Waals surface area contributed by atoms with Crippen molar-refractivity contribution in [3.63, 3.8) is 0 Å². The maximum Gasteiger partial charge on any atom is 0.0725 e. The molecule has 214 valence electrons. The van der Waals surface area contributed by atoms with Gasteiger partial charge in [-0.25, -0.2) is 0 Å². The lowest BCUT2D eigenvalue weighted by atomic mass is 9.70. The number of benzene rings is 8. The zero-order valence-corrected chi connectivity index (χ0v) is 25.6. The van der Waals surface area contributed by atoms with Crippen LogP contribution in [0.4, 0.5) is 0 Å². The molecule has 0 atom stereocenters. The summed E-state index contributed by atoms with van der Waals surface area (Å²) in [5, 5.41) is 5.06. The molecule has 0 heteroatoms. The lowest BCUT2D eigenvalue weighted by molar-refractivity contribution is 0.793. The molecule has 2 aliphatic carbocycles. The summed E-state index contributed by atoms with van der Waals surface area (Å²) in [6, 6.07) is 61.4. The molecule has 0 unspecified atom stereocenters. The topological polar surface area (TPSA) is 0 Å². The van der Waals surface area contributed by atoms with Gasteiger partial charge in [-0.05, 0) is 119 Å². The van der Waals surface area contributed by atoms with Crippen molar-refractivity contribution in [3.05, 3.63) is 192 Å². The van der Waals surface area contributed by atoms with E-state index in [4.69, 9.17) is 0 Å². The van der Waals surface area contributed by atoms with Crippen LogP contribution in [0.2, 0.25) is 0 Å². The normalized spacial score (nSPS) is 13.5. The van der Waals surface area contributed by atoms with Crippen LogP contribution >= 0.6 is 0 Å². The zero-order valence-electron chi connectivity index (χ0n) is 25.6. The van der Waals surface area contributed by atoms with E-state index in [1.807, 2.05) is 0 Å². The van der Waals surface area contributed by atoms with Crippen LogP contribution in [0.15, 0.2) is 164 Å². The van der Waals surface area contributed by atoms with E-state index in [1.54, 1.807) is 0 Å².